The first-order valence-electron chi connectivity index (χ1n) is 9.41. The van der Waals surface area contributed by atoms with Crippen LogP contribution >= 0.6 is 0 Å². The molecule has 1 saturated heterocycles. The average Bonchev–Trinajstić information content (AvgIpc) is 3.27. The van der Waals surface area contributed by atoms with Gasteiger partial charge in [-0.05, 0) is 44.7 Å². The molecule has 2 heterocycles. The van der Waals surface area contributed by atoms with Crippen LogP contribution in [0.5, 0.6) is 0 Å². The fourth-order valence-electron chi connectivity index (χ4n) is 4.15. The molecule has 6 heteroatoms. The smallest absolute Gasteiger partial charge is 0.318 e. The van der Waals surface area contributed by atoms with Crippen molar-refractivity contribution in [2.75, 3.05) is 13.2 Å². The number of rotatable bonds is 5. The lowest BCUT2D eigenvalue weighted by atomic mass is 9.79. The fraction of sp³-hybridized carbons (Fsp3) is 0.684. The Morgan fingerprint density at radius 2 is 2.12 bits per heavy atom. The number of carbonyl (C=O) groups is 2. The second kappa shape index (κ2) is 7.93. The van der Waals surface area contributed by atoms with Gasteiger partial charge in [-0.2, -0.15) is 0 Å². The summed E-state index contributed by atoms with van der Waals surface area (Å²) >= 11 is 0. The Kier molecular flexibility index (Phi) is 5.66. The highest BCUT2D eigenvalue weighted by molar-refractivity contribution is 5.78. The molecule has 0 radical (unpaired) electrons. The molecule has 0 unspecified atom stereocenters. The van der Waals surface area contributed by atoms with Crippen molar-refractivity contribution in [2.24, 2.45) is 0 Å². The Hall–Kier alpha value is -1.98. The maximum Gasteiger partial charge on any atom is 0.318 e. The summed E-state index contributed by atoms with van der Waals surface area (Å²) in [5.74, 6) is 0.601. The van der Waals surface area contributed by atoms with E-state index in [4.69, 9.17) is 9.15 Å². The van der Waals surface area contributed by atoms with Gasteiger partial charge in [-0.15, -0.1) is 0 Å². The summed E-state index contributed by atoms with van der Waals surface area (Å²) in [4.78, 5) is 26.9. The van der Waals surface area contributed by atoms with E-state index in [0.29, 0.717) is 13.2 Å². The van der Waals surface area contributed by atoms with Crippen molar-refractivity contribution in [3.8, 4) is 0 Å². The van der Waals surface area contributed by atoms with E-state index < -0.39 is 5.54 Å². The molecular formula is C19H28N2O4. The van der Waals surface area contributed by atoms with Gasteiger partial charge in [0.1, 0.15) is 5.76 Å². The van der Waals surface area contributed by atoms with E-state index in [1.54, 1.807) is 6.26 Å². The first kappa shape index (κ1) is 17.8. The fourth-order valence-corrected chi connectivity index (χ4v) is 4.15. The van der Waals surface area contributed by atoms with Crippen LogP contribution in [0.4, 0.5) is 4.79 Å². The van der Waals surface area contributed by atoms with Crippen LogP contribution in [0.1, 0.15) is 70.1 Å². The Balaban J connectivity index is 1.70. The van der Waals surface area contributed by atoms with Crippen LogP contribution in [0.25, 0.3) is 0 Å². The predicted molar refractivity (Wildman–Crippen MR) is 93.0 cm³/mol. The van der Waals surface area contributed by atoms with Crippen LogP contribution in [-0.4, -0.2) is 35.6 Å². The molecule has 1 aliphatic heterocycles. The highest BCUT2D eigenvalue weighted by Gasteiger charge is 2.40. The molecule has 138 valence electrons. The minimum Gasteiger partial charge on any atom is -0.467 e. The Morgan fingerprint density at radius 3 is 2.80 bits per heavy atom. The highest BCUT2D eigenvalue weighted by atomic mass is 16.5. The summed E-state index contributed by atoms with van der Waals surface area (Å²) in [7, 11) is 0. The van der Waals surface area contributed by atoms with Gasteiger partial charge in [-0.25, -0.2) is 4.79 Å². The minimum atomic E-state index is -0.474. The standard InChI is InChI=1S/C19H28N2O4/c1-2-24-17(22)14-19(10-4-3-5-11-19)20-18(23)21-12-6-8-15(21)16-9-7-13-25-16/h7,9,13,15H,2-6,8,10-12,14H2,1H3,(H,20,23)/t15-/m1/s1. The van der Waals surface area contributed by atoms with E-state index in [1.165, 1.54) is 0 Å². The zero-order valence-electron chi connectivity index (χ0n) is 15.0. The maximum absolute atomic E-state index is 13.0. The number of hydrogen-bond acceptors (Lipinski definition) is 4. The van der Waals surface area contributed by atoms with E-state index in [0.717, 1.165) is 50.7 Å². The molecule has 25 heavy (non-hydrogen) atoms. The molecule has 2 fully saturated rings. The topological polar surface area (TPSA) is 71.8 Å². The zero-order chi connectivity index (χ0) is 17.7. The summed E-state index contributed by atoms with van der Waals surface area (Å²) in [6.45, 7) is 2.89. The lowest BCUT2D eigenvalue weighted by Gasteiger charge is -2.39. The third kappa shape index (κ3) is 4.17. The van der Waals surface area contributed by atoms with Gasteiger partial charge in [0.05, 0.1) is 30.9 Å². The van der Waals surface area contributed by atoms with Gasteiger partial charge in [0.15, 0.2) is 0 Å². The summed E-state index contributed by atoms with van der Waals surface area (Å²) in [6.07, 6.45) is 8.64. The van der Waals surface area contributed by atoms with Crippen LogP contribution < -0.4 is 5.32 Å². The number of urea groups is 1. The molecule has 0 bridgehead atoms. The molecule has 2 aliphatic rings. The molecule has 1 N–H and O–H groups in total. The van der Waals surface area contributed by atoms with Crippen molar-refractivity contribution in [3.63, 3.8) is 0 Å². The molecule has 6 nitrogen and oxygen atoms in total. The molecule has 0 aromatic carbocycles. The Morgan fingerprint density at radius 1 is 1.32 bits per heavy atom. The van der Waals surface area contributed by atoms with Crippen LogP contribution in [0, 0.1) is 0 Å². The number of hydrogen-bond donors (Lipinski definition) is 1. The Bertz CT molecular complexity index is 578. The number of likely N-dealkylation sites (tertiary alicyclic amines) is 1. The van der Waals surface area contributed by atoms with E-state index in [1.807, 2.05) is 24.0 Å². The molecule has 1 atom stereocenters. The molecule has 3 rings (SSSR count). The molecule has 2 amide bonds. The van der Waals surface area contributed by atoms with Crippen molar-refractivity contribution in [3.05, 3.63) is 24.2 Å². The largest absolute Gasteiger partial charge is 0.467 e. The molecule has 0 spiro atoms. The lowest BCUT2D eigenvalue weighted by Crippen LogP contribution is -2.55. The number of nitrogens with one attached hydrogen (secondary N) is 1. The van der Waals surface area contributed by atoms with E-state index in [9.17, 15) is 9.59 Å². The van der Waals surface area contributed by atoms with Gasteiger partial charge in [0, 0.05) is 6.54 Å². The normalized spacial score (nSPS) is 22.6. The molecular weight excluding hydrogens is 320 g/mol. The second-order valence-electron chi connectivity index (χ2n) is 7.12. The van der Waals surface area contributed by atoms with E-state index in [2.05, 4.69) is 5.32 Å². The molecule has 1 saturated carbocycles. The van der Waals surface area contributed by atoms with Crippen molar-refractivity contribution < 1.29 is 18.7 Å². The number of furan rings is 1. The van der Waals surface area contributed by atoms with Gasteiger partial charge < -0.3 is 19.4 Å². The van der Waals surface area contributed by atoms with Crippen molar-refractivity contribution in [2.45, 2.75) is 69.9 Å². The molecule has 1 aliphatic carbocycles. The van der Waals surface area contributed by atoms with Crippen LogP contribution in [0.2, 0.25) is 0 Å². The van der Waals surface area contributed by atoms with Crippen LogP contribution in [0.3, 0.4) is 0 Å². The van der Waals surface area contributed by atoms with Crippen molar-refractivity contribution >= 4 is 12.0 Å². The maximum atomic E-state index is 13.0. The first-order chi connectivity index (χ1) is 12.1. The van der Waals surface area contributed by atoms with Gasteiger partial charge in [-0.1, -0.05) is 19.3 Å². The third-order valence-corrected chi connectivity index (χ3v) is 5.36. The van der Waals surface area contributed by atoms with Gasteiger partial charge in [0.25, 0.3) is 0 Å². The van der Waals surface area contributed by atoms with Gasteiger partial charge in [0.2, 0.25) is 0 Å². The predicted octanol–water partition coefficient (Wildman–Crippen LogP) is 3.78. The van der Waals surface area contributed by atoms with Crippen molar-refractivity contribution in [1.29, 1.82) is 0 Å². The summed E-state index contributed by atoms with van der Waals surface area (Å²) in [6, 6.07) is 3.67. The first-order valence-corrected chi connectivity index (χ1v) is 9.41. The number of nitrogens with zero attached hydrogens (tertiary/aromatic N) is 1. The lowest BCUT2D eigenvalue weighted by molar-refractivity contribution is -0.145. The van der Waals surface area contributed by atoms with Gasteiger partial charge >= 0.3 is 12.0 Å². The quantitative estimate of drug-likeness (QED) is 0.822. The summed E-state index contributed by atoms with van der Waals surface area (Å²) in [5, 5.41) is 3.20. The SMILES string of the molecule is CCOC(=O)CC1(NC(=O)N2CCC[C@@H]2c2ccco2)CCCCC1. The van der Waals surface area contributed by atoms with Crippen LogP contribution in [0.15, 0.2) is 22.8 Å². The highest BCUT2D eigenvalue weighted by Crippen LogP contribution is 2.35. The summed E-state index contributed by atoms with van der Waals surface area (Å²) in [5.41, 5.74) is -0.474. The second-order valence-corrected chi connectivity index (χ2v) is 7.12. The Labute approximate surface area is 148 Å². The molecule has 1 aromatic rings. The van der Waals surface area contributed by atoms with E-state index >= 15 is 0 Å². The number of carbonyl (C=O) groups excluding carboxylic acids is 2. The van der Waals surface area contributed by atoms with E-state index in [-0.39, 0.29) is 24.5 Å². The number of amides is 2. The summed E-state index contributed by atoms with van der Waals surface area (Å²) < 4.78 is 10.7. The van der Waals surface area contributed by atoms with Crippen molar-refractivity contribution in [1.82, 2.24) is 10.2 Å². The average molecular weight is 348 g/mol. The zero-order valence-corrected chi connectivity index (χ0v) is 15.0. The van der Waals surface area contributed by atoms with Crippen LogP contribution in [-0.2, 0) is 9.53 Å². The molecule has 1 aromatic heterocycles. The van der Waals surface area contributed by atoms with Gasteiger partial charge in [-0.3, -0.25) is 4.79 Å². The third-order valence-electron chi connectivity index (χ3n) is 5.36. The minimum absolute atomic E-state index is 0.0155. The number of esters is 1. The number of ether oxygens (including phenoxy) is 1. The monoisotopic (exact) mass is 348 g/mol.